The number of nitrogens with one attached hydrogen (secondary N) is 3. The van der Waals surface area contributed by atoms with Crippen molar-refractivity contribution in [3.8, 4) is 5.75 Å². The van der Waals surface area contributed by atoms with E-state index in [0.717, 1.165) is 9.87 Å². The Balaban J connectivity index is 1.29. The molecule has 4 rings (SSSR count). The van der Waals surface area contributed by atoms with Crippen LogP contribution in [-0.4, -0.2) is 69.4 Å². The van der Waals surface area contributed by atoms with Gasteiger partial charge in [-0.15, -0.1) is 0 Å². The summed E-state index contributed by atoms with van der Waals surface area (Å²) in [4.78, 5) is 49.1. The number of carbonyl (C=O) groups is 4. The van der Waals surface area contributed by atoms with Crippen LogP contribution in [0.5, 0.6) is 5.75 Å². The summed E-state index contributed by atoms with van der Waals surface area (Å²) < 4.78 is 43.6. The molecule has 4 aromatic rings. The van der Waals surface area contributed by atoms with Crippen LogP contribution in [-0.2, 0) is 42.1 Å². The Morgan fingerprint density at radius 1 is 0.898 bits per heavy atom. The first-order valence-corrected chi connectivity index (χ1v) is 16.5. The van der Waals surface area contributed by atoms with E-state index in [1.54, 1.807) is 13.0 Å². The number of furan rings is 1. The van der Waals surface area contributed by atoms with Crippen LogP contribution in [0.2, 0.25) is 0 Å². The molecule has 0 aliphatic heterocycles. The number of benzene rings is 3. The Hall–Kier alpha value is -5.80. The summed E-state index contributed by atoms with van der Waals surface area (Å²) >= 11 is 0. The van der Waals surface area contributed by atoms with Gasteiger partial charge in [-0.05, 0) is 79.6 Å². The van der Waals surface area contributed by atoms with E-state index in [1.807, 2.05) is 30.3 Å². The van der Waals surface area contributed by atoms with Gasteiger partial charge >= 0.3 is 17.8 Å². The number of anilines is 1. The van der Waals surface area contributed by atoms with Crippen molar-refractivity contribution in [2.45, 2.75) is 24.8 Å². The molecule has 1 aromatic heterocycles. The van der Waals surface area contributed by atoms with Gasteiger partial charge < -0.3 is 24.5 Å². The lowest BCUT2D eigenvalue weighted by molar-refractivity contribution is -0.136. The monoisotopic (exact) mass is 689 g/mol. The van der Waals surface area contributed by atoms with E-state index in [-0.39, 0.29) is 30.4 Å². The SMILES string of the molecule is CCOC(=O)c1ccc(NC(=O)C(=O)NCc2ccc(/C=N\NC(=O)CN(CCc3ccccc3)S(=O)(=O)c3ccc(OC)cc3)o2)cc1. The van der Waals surface area contributed by atoms with Crippen LogP contribution in [0.3, 0.4) is 0 Å². The molecule has 0 aliphatic rings. The molecule has 0 fully saturated rings. The predicted molar refractivity (Wildman–Crippen MR) is 179 cm³/mol. The van der Waals surface area contributed by atoms with E-state index in [0.29, 0.717) is 29.2 Å². The Morgan fingerprint density at radius 2 is 1.61 bits per heavy atom. The average molecular weight is 690 g/mol. The Morgan fingerprint density at radius 3 is 2.29 bits per heavy atom. The molecule has 0 bridgehead atoms. The lowest BCUT2D eigenvalue weighted by Crippen LogP contribution is -2.40. The highest BCUT2D eigenvalue weighted by Crippen LogP contribution is 2.20. The standard InChI is InChI=1S/C34H35N5O9S/c1-3-47-34(43)25-9-11-26(12-10-25)37-33(42)32(41)35-21-28-13-14-29(48-28)22-36-38-31(40)23-39(20-19-24-7-5-4-6-8-24)49(44,45)30-17-15-27(46-2)16-18-30/h4-18,22H,3,19-21,23H2,1-2H3,(H,35,41)(H,37,42)(H,38,40)/b36-22-. The van der Waals surface area contributed by atoms with E-state index < -0.39 is 40.3 Å². The zero-order valence-corrected chi connectivity index (χ0v) is 27.6. The molecule has 49 heavy (non-hydrogen) atoms. The lowest BCUT2D eigenvalue weighted by Gasteiger charge is -2.21. The first-order chi connectivity index (χ1) is 23.6. The Kier molecular flexibility index (Phi) is 12.8. The van der Waals surface area contributed by atoms with Crippen molar-refractivity contribution in [3.05, 3.63) is 114 Å². The van der Waals surface area contributed by atoms with Crippen molar-refractivity contribution in [1.82, 2.24) is 15.0 Å². The van der Waals surface area contributed by atoms with Crippen LogP contribution in [0.25, 0.3) is 0 Å². The summed E-state index contributed by atoms with van der Waals surface area (Å²) in [7, 11) is -2.57. The maximum atomic E-state index is 13.5. The number of sulfonamides is 1. The van der Waals surface area contributed by atoms with Crippen LogP contribution in [0.15, 0.2) is 105 Å². The van der Waals surface area contributed by atoms with Crippen molar-refractivity contribution in [2.24, 2.45) is 5.10 Å². The fourth-order valence-electron chi connectivity index (χ4n) is 4.34. The molecule has 3 N–H and O–H groups in total. The highest BCUT2D eigenvalue weighted by molar-refractivity contribution is 7.89. The van der Waals surface area contributed by atoms with Gasteiger partial charge in [0, 0.05) is 12.2 Å². The zero-order chi connectivity index (χ0) is 35.2. The number of hydrogen-bond acceptors (Lipinski definition) is 10. The van der Waals surface area contributed by atoms with Gasteiger partial charge in [-0.3, -0.25) is 14.4 Å². The molecule has 0 spiro atoms. The number of hydrazone groups is 1. The van der Waals surface area contributed by atoms with Gasteiger partial charge in [0.2, 0.25) is 10.0 Å². The number of ether oxygens (including phenoxy) is 2. The number of carbonyl (C=O) groups excluding carboxylic acids is 4. The number of rotatable bonds is 15. The number of hydrogen-bond donors (Lipinski definition) is 3. The third-order valence-electron chi connectivity index (χ3n) is 6.86. The van der Waals surface area contributed by atoms with Gasteiger partial charge in [-0.25, -0.2) is 18.6 Å². The van der Waals surface area contributed by atoms with Crippen molar-refractivity contribution >= 4 is 45.6 Å². The van der Waals surface area contributed by atoms with Crippen molar-refractivity contribution in [1.29, 1.82) is 0 Å². The molecule has 3 aromatic carbocycles. The summed E-state index contributed by atoms with van der Waals surface area (Å²) in [6, 6.07) is 24.1. The van der Waals surface area contributed by atoms with Crippen LogP contribution < -0.4 is 20.8 Å². The first-order valence-electron chi connectivity index (χ1n) is 15.0. The molecule has 1 heterocycles. The third-order valence-corrected chi connectivity index (χ3v) is 8.72. The predicted octanol–water partition coefficient (Wildman–Crippen LogP) is 3.10. The molecule has 15 heteroatoms. The van der Waals surface area contributed by atoms with Crippen molar-refractivity contribution in [2.75, 3.05) is 32.1 Å². The first kappa shape index (κ1) is 36.0. The van der Waals surface area contributed by atoms with E-state index in [4.69, 9.17) is 13.9 Å². The molecule has 0 radical (unpaired) electrons. The minimum atomic E-state index is -4.04. The summed E-state index contributed by atoms with van der Waals surface area (Å²) in [5, 5.41) is 8.73. The van der Waals surface area contributed by atoms with Gasteiger partial charge in [0.15, 0.2) is 0 Å². The lowest BCUT2D eigenvalue weighted by atomic mass is 10.1. The van der Waals surface area contributed by atoms with Crippen LogP contribution in [0.1, 0.15) is 34.4 Å². The highest BCUT2D eigenvalue weighted by Gasteiger charge is 2.26. The quantitative estimate of drug-likeness (QED) is 0.0730. The van der Waals surface area contributed by atoms with Crippen LogP contribution in [0, 0.1) is 0 Å². The van der Waals surface area contributed by atoms with Gasteiger partial charge in [0.05, 0.1) is 43.5 Å². The van der Waals surface area contributed by atoms with Crippen LogP contribution >= 0.6 is 0 Å². The van der Waals surface area contributed by atoms with Gasteiger partial charge in [-0.2, -0.15) is 9.41 Å². The summed E-state index contributed by atoms with van der Waals surface area (Å²) in [6.45, 7) is 1.35. The summed E-state index contributed by atoms with van der Waals surface area (Å²) in [5.74, 6) is -2.01. The van der Waals surface area contributed by atoms with E-state index in [2.05, 4.69) is 21.2 Å². The van der Waals surface area contributed by atoms with Gasteiger partial charge in [0.25, 0.3) is 5.91 Å². The fraction of sp³-hybridized carbons (Fsp3) is 0.206. The maximum Gasteiger partial charge on any atom is 0.338 e. The molecule has 0 saturated heterocycles. The third kappa shape index (κ3) is 10.6. The zero-order valence-electron chi connectivity index (χ0n) is 26.8. The Labute approximate surface area is 283 Å². The second kappa shape index (κ2) is 17.4. The van der Waals surface area contributed by atoms with Crippen molar-refractivity contribution < 1.29 is 41.5 Å². The van der Waals surface area contributed by atoms with Crippen molar-refractivity contribution in [3.63, 3.8) is 0 Å². The topological polar surface area (TPSA) is 186 Å². The molecule has 0 saturated carbocycles. The minimum absolute atomic E-state index is 0.00930. The number of nitrogens with zero attached hydrogens (tertiary/aromatic N) is 2. The minimum Gasteiger partial charge on any atom is -0.497 e. The number of methoxy groups -OCH3 is 1. The fourth-order valence-corrected chi connectivity index (χ4v) is 5.74. The molecule has 0 unspecified atom stereocenters. The summed E-state index contributed by atoms with van der Waals surface area (Å²) in [6.07, 6.45) is 1.59. The molecule has 3 amide bonds. The van der Waals surface area contributed by atoms with Crippen LogP contribution in [0.4, 0.5) is 5.69 Å². The molecular formula is C34H35N5O9S. The molecule has 256 valence electrons. The summed E-state index contributed by atoms with van der Waals surface area (Å²) in [5.41, 5.74) is 3.83. The van der Waals surface area contributed by atoms with Gasteiger partial charge in [-0.1, -0.05) is 30.3 Å². The molecule has 0 atom stereocenters. The van der Waals surface area contributed by atoms with E-state index in [9.17, 15) is 27.6 Å². The van der Waals surface area contributed by atoms with E-state index >= 15 is 0 Å². The molecule has 14 nitrogen and oxygen atoms in total. The average Bonchev–Trinajstić information content (AvgIpc) is 3.57. The largest absolute Gasteiger partial charge is 0.497 e. The number of esters is 1. The van der Waals surface area contributed by atoms with Gasteiger partial charge in [0.1, 0.15) is 17.3 Å². The van der Waals surface area contributed by atoms with E-state index in [1.165, 1.54) is 67.9 Å². The normalized spacial score (nSPS) is 11.2. The second-order valence-electron chi connectivity index (χ2n) is 10.3. The second-order valence-corrected chi connectivity index (χ2v) is 12.2. The molecule has 0 aliphatic carbocycles. The number of amides is 3. The highest BCUT2D eigenvalue weighted by atomic mass is 32.2. The maximum absolute atomic E-state index is 13.5. The molecular weight excluding hydrogens is 654 g/mol. The smallest absolute Gasteiger partial charge is 0.338 e. The Bertz CT molecular complexity index is 1880.